The minimum Gasteiger partial charge on any atom is -0.508 e. The maximum Gasteiger partial charge on any atom is 0.306 e. The highest BCUT2D eigenvalue weighted by Crippen LogP contribution is 2.34. The number of imidazole rings is 1. The van der Waals surface area contributed by atoms with E-state index in [1.165, 1.54) is 25.1 Å². The molecule has 0 aliphatic carbocycles. The van der Waals surface area contributed by atoms with Gasteiger partial charge in [-0.05, 0) is 66.9 Å². The van der Waals surface area contributed by atoms with Crippen molar-refractivity contribution < 1.29 is 18.7 Å². The molecule has 0 atom stereocenters. The molecule has 5 rings (SSSR count). The molecule has 0 bridgehead atoms. The second-order valence-electron chi connectivity index (χ2n) is 7.75. The van der Waals surface area contributed by atoms with Gasteiger partial charge < -0.3 is 19.6 Å². The molecule has 0 amide bonds. The van der Waals surface area contributed by atoms with E-state index in [1.54, 1.807) is 53.4 Å². The molecule has 0 aliphatic heterocycles. The molecule has 0 aliphatic rings. The Balaban J connectivity index is 1.28. The number of nitrogens with zero attached hydrogens (tertiary/aromatic N) is 4. The number of hydrogen-bond donors (Lipinski definition) is 3. The van der Waals surface area contributed by atoms with Crippen molar-refractivity contribution >= 4 is 23.7 Å². The average Bonchev–Trinajstić information content (AvgIpc) is 3.49. The second kappa shape index (κ2) is 10.7. The standard InChI is InChI=1S/C25H23FN6O3S/c1-34-21-15-16(3-8-19(21)26)22-23(32-13-14-35-25(32)31-22)20-9-12-28-24(30-20)27-10-2-11-29-36-18-6-4-17(33)5-7-18/h3-9,12-15,29,33H,2,10-11H2,1H3,(H,27,28,30). The predicted molar refractivity (Wildman–Crippen MR) is 136 cm³/mol. The summed E-state index contributed by atoms with van der Waals surface area (Å²) in [5.74, 6) is 0.814. The minimum absolute atomic E-state index is 0.130. The van der Waals surface area contributed by atoms with Crippen LogP contribution in [0.3, 0.4) is 0 Å². The van der Waals surface area contributed by atoms with Crippen molar-refractivity contribution in [1.29, 1.82) is 0 Å². The molecule has 3 heterocycles. The molecule has 3 N–H and O–H groups in total. The lowest BCUT2D eigenvalue weighted by atomic mass is 10.1. The quantitative estimate of drug-likeness (QED) is 0.178. The highest BCUT2D eigenvalue weighted by atomic mass is 32.2. The van der Waals surface area contributed by atoms with E-state index in [4.69, 9.17) is 9.15 Å². The molecule has 9 nitrogen and oxygen atoms in total. The zero-order valence-corrected chi connectivity index (χ0v) is 20.1. The molecule has 2 aromatic carbocycles. The van der Waals surface area contributed by atoms with E-state index in [0.717, 1.165) is 17.9 Å². The number of ether oxygens (including phenoxy) is 1. The summed E-state index contributed by atoms with van der Waals surface area (Å²) in [5.41, 5.74) is 2.60. The van der Waals surface area contributed by atoms with Crippen molar-refractivity contribution in [2.24, 2.45) is 0 Å². The third-order valence-electron chi connectivity index (χ3n) is 5.35. The summed E-state index contributed by atoms with van der Waals surface area (Å²) in [5, 5.41) is 12.6. The Hall–Kier alpha value is -4.09. The van der Waals surface area contributed by atoms with E-state index in [2.05, 4.69) is 25.0 Å². The fraction of sp³-hybridized carbons (Fsp3) is 0.160. The van der Waals surface area contributed by atoms with Gasteiger partial charge in [0.05, 0.1) is 12.8 Å². The molecule has 0 spiro atoms. The van der Waals surface area contributed by atoms with E-state index in [9.17, 15) is 9.50 Å². The van der Waals surface area contributed by atoms with Crippen molar-refractivity contribution in [3.8, 4) is 34.1 Å². The van der Waals surface area contributed by atoms with Gasteiger partial charge in [-0.25, -0.2) is 14.4 Å². The molecule has 5 aromatic rings. The van der Waals surface area contributed by atoms with Crippen LogP contribution in [0.1, 0.15) is 6.42 Å². The first-order chi connectivity index (χ1) is 17.6. The van der Waals surface area contributed by atoms with Gasteiger partial charge in [0.25, 0.3) is 0 Å². The number of hydrogen-bond acceptors (Lipinski definition) is 9. The SMILES string of the molecule is COc1cc(-c2nc3occn3c2-c2ccnc(NCCCNSc3ccc(O)cc3)n2)ccc1F. The number of aromatic nitrogens is 4. The summed E-state index contributed by atoms with van der Waals surface area (Å²) < 4.78 is 29.7. The highest BCUT2D eigenvalue weighted by Gasteiger charge is 2.20. The molecule has 0 saturated heterocycles. The molecule has 36 heavy (non-hydrogen) atoms. The van der Waals surface area contributed by atoms with Gasteiger partial charge in [-0.2, -0.15) is 4.98 Å². The number of nitrogens with one attached hydrogen (secondary N) is 2. The Morgan fingerprint density at radius 1 is 1.11 bits per heavy atom. The number of aromatic hydroxyl groups is 1. The summed E-state index contributed by atoms with van der Waals surface area (Å²) in [6.07, 6.45) is 5.83. The van der Waals surface area contributed by atoms with Gasteiger partial charge in [-0.3, -0.25) is 9.12 Å². The van der Waals surface area contributed by atoms with Gasteiger partial charge in [0, 0.05) is 35.9 Å². The van der Waals surface area contributed by atoms with Crippen molar-refractivity contribution in [2.75, 3.05) is 25.5 Å². The van der Waals surface area contributed by atoms with Crippen LogP contribution in [0.4, 0.5) is 10.3 Å². The molecule has 0 radical (unpaired) electrons. The second-order valence-corrected chi connectivity index (χ2v) is 8.71. The molecular weight excluding hydrogens is 483 g/mol. The Morgan fingerprint density at radius 3 is 2.81 bits per heavy atom. The lowest BCUT2D eigenvalue weighted by Crippen LogP contribution is -2.12. The Morgan fingerprint density at radius 2 is 1.97 bits per heavy atom. The third-order valence-corrected chi connectivity index (χ3v) is 6.21. The normalized spacial score (nSPS) is 11.2. The summed E-state index contributed by atoms with van der Waals surface area (Å²) in [7, 11) is 1.42. The molecule has 0 fully saturated rings. The summed E-state index contributed by atoms with van der Waals surface area (Å²) in [6, 6.07) is 13.4. The Kier molecular flexibility index (Phi) is 7.01. The minimum atomic E-state index is -0.449. The van der Waals surface area contributed by atoms with Crippen molar-refractivity contribution in [3.63, 3.8) is 0 Å². The number of phenols is 1. The van der Waals surface area contributed by atoms with E-state index < -0.39 is 5.82 Å². The predicted octanol–water partition coefficient (Wildman–Crippen LogP) is 5.00. The van der Waals surface area contributed by atoms with Crippen molar-refractivity contribution in [2.45, 2.75) is 11.3 Å². The fourth-order valence-electron chi connectivity index (χ4n) is 3.62. The van der Waals surface area contributed by atoms with Crippen LogP contribution in [0, 0.1) is 5.82 Å². The topological polar surface area (TPSA) is 110 Å². The van der Waals surface area contributed by atoms with Gasteiger partial charge in [-0.1, -0.05) is 0 Å². The van der Waals surface area contributed by atoms with Crippen LogP contribution in [0.15, 0.2) is 76.5 Å². The number of anilines is 1. The van der Waals surface area contributed by atoms with E-state index in [-0.39, 0.29) is 11.5 Å². The number of methoxy groups -OCH3 is 1. The van der Waals surface area contributed by atoms with Crippen LogP contribution in [0.2, 0.25) is 0 Å². The smallest absolute Gasteiger partial charge is 0.306 e. The maximum atomic E-state index is 14.0. The first-order valence-electron chi connectivity index (χ1n) is 11.2. The van der Waals surface area contributed by atoms with Gasteiger partial charge in [-0.15, -0.1) is 0 Å². The van der Waals surface area contributed by atoms with Gasteiger partial charge in [0.1, 0.15) is 23.4 Å². The van der Waals surface area contributed by atoms with E-state index in [1.807, 2.05) is 12.1 Å². The first-order valence-corrected chi connectivity index (χ1v) is 12.0. The fourth-order valence-corrected chi connectivity index (χ4v) is 4.31. The van der Waals surface area contributed by atoms with Crippen molar-refractivity contribution in [3.05, 3.63) is 73.0 Å². The van der Waals surface area contributed by atoms with Gasteiger partial charge >= 0.3 is 5.84 Å². The third kappa shape index (κ3) is 5.11. The number of benzene rings is 2. The van der Waals surface area contributed by atoms with Crippen LogP contribution >= 0.6 is 11.9 Å². The zero-order chi connectivity index (χ0) is 24.9. The molecule has 0 unspecified atom stereocenters. The van der Waals surface area contributed by atoms with E-state index >= 15 is 0 Å². The number of rotatable bonds is 10. The lowest BCUT2D eigenvalue weighted by molar-refractivity contribution is 0.387. The number of halogens is 1. The lowest BCUT2D eigenvalue weighted by Gasteiger charge is -2.09. The first kappa shape index (κ1) is 23.6. The highest BCUT2D eigenvalue weighted by molar-refractivity contribution is 7.97. The summed E-state index contributed by atoms with van der Waals surface area (Å²) >= 11 is 1.51. The maximum absolute atomic E-state index is 14.0. The monoisotopic (exact) mass is 506 g/mol. The summed E-state index contributed by atoms with van der Waals surface area (Å²) in [4.78, 5) is 14.6. The Labute approximate surface area is 210 Å². The van der Waals surface area contributed by atoms with Gasteiger partial charge in [0.15, 0.2) is 11.6 Å². The van der Waals surface area contributed by atoms with Crippen LogP contribution in [0.25, 0.3) is 28.5 Å². The largest absolute Gasteiger partial charge is 0.508 e. The van der Waals surface area contributed by atoms with Gasteiger partial charge in [0.2, 0.25) is 5.95 Å². The molecule has 0 saturated carbocycles. The zero-order valence-electron chi connectivity index (χ0n) is 19.3. The number of phenolic OH excluding ortho intramolecular Hbond substituents is 1. The van der Waals surface area contributed by atoms with Crippen LogP contribution in [-0.2, 0) is 0 Å². The molecule has 3 aromatic heterocycles. The molecule has 11 heteroatoms. The average molecular weight is 507 g/mol. The number of fused-ring (bicyclic) bond motifs is 1. The Bertz CT molecular complexity index is 1470. The molecular formula is C25H23FN6O3S. The molecule has 184 valence electrons. The van der Waals surface area contributed by atoms with Crippen LogP contribution in [-0.4, -0.2) is 44.7 Å². The summed E-state index contributed by atoms with van der Waals surface area (Å²) in [6.45, 7) is 1.44. The van der Waals surface area contributed by atoms with Crippen molar-refractivity contribution in [1.82, 2.24) is 24.1 Å². The van der Waals surface area contributed by atoms with Crippen LogP contribution in [0.5, 0.6) is 11.5 Å². The van der Waals surface area contributed by atoms with Crippen LogP contribution < -0.4 is 14.8 Å². The number of oxazole rings is 1. The van der Waals surface area contributed by atoms with E-state index in [0.29, 0.717) is 41.0 Å².